The number of rotatable bonds is 6. The van der Waals surface area contributed by atoms with Crippen molar-refractivity contribution in [2.45, 2.75) is 33.4 Å². The van der Waals surface area contributed by atoms with Crippen LogP contribution in [-0.4, -0.2) is 25.1 Å². The van der Waals surface area contributed by atoms with E-state index in [2.05, 4.69) is 10.3 Å². The van der Waals surface area contributed by atoms with Gasteiger partial charge in [-0.15, -0.1) is 0 Å². The maximum atomic E-state index is 12.6. The van der Waals surface area contributed by atoms with Crippen molar-refractivity contribution >= 4 is 21.4 Å². The number of aromatic nitrogens is 1. The number of amides is 1. The summed E-state index contributed by atoms with van der Waals surface area (Å²) < 4.78 is 30.8. The molecule has 3 rings (SSSR count). The fourth-order valence-corrected chi connectivity index (χ4v) is 4.45. The Morgan fingerprint density at radius 1 is 1.03 bits per heavy atom. The van der Waals surface area contributed by atoms with Crippen molar-refractivity contribution in [2.24, 2.45) is 0 Å². The summed E-state index contributed by atoms with van der Waals surface area (Å²) in [4.78, 5) is 16.6. The van der Waals surface area contributed by atoms with Gasteiger partial charge in [-0.1, -0.05) is 24.3 Å². The predicted octanol–water partition coefficient (Wildman–Crippen LogP) is 4.13. The molecule has 1 N–H and O–H groups in total. The minimum atomic E-state index is -3.71. The summed E-state index contributed by atoms with van der Waals surface area (Å²) in [6.45, 7) is 7.44. The Morgan fingerprint density at radius 2 is 1.69 bits per heavy atom. The second-order valence-corrected chi connectivity index (χ2v) is 9.36. The van der Waals surface area contributed by atoms with Gasteiger partial charge in [-0.05, 0) is 62.6 Å². The van der Waals surface area contributed by atoms with Crippen molar-refractivity contribution in [1.29, 1.82) is 0 Å². The van der Waals surface area contributed by atoms with Crippen LogP contribution in [0.4, 0.5) is 5.69 Å². The summed E-state index contributed by atoms with van der Waals surface area (Å²) in [6.07, 6.45) is 0. The number of nitrogens with zero attached hydrogens (tertiary/aromatic N) is 1. The van der Waals surface area contributed by atoms with Gasteiger partial charge in [0.25, 0.3) is 0 Å². The standard InChI is InChI=1S/C22H24N2O4S/c1-14-9-15(2)11-18(10-14)23-21(25)13-29(26,27)12-20-17(4)28-22(24-20)19-8-6-5-7-16(19)3/h5-11H,12-13H2,1-4H3,(H,23,25). The molecule has 0 bridgehead atoms. The fraction of sp³-hybridized carbons (Fsp3) is 0.273. The van der Waals surface area contributed by atoms with E-state index in [-0.39, 0.29) is 5.75 Å². The van der Waals surface area contributed by atoms with E-state index >= 15 is 0 Å². The highest BCUT2D eigenvalue weighted by Crippen LogP contribution is 2.25. The minimum Gasteiger partial charge on any atom is -0.441 e. The molecule has 1 heterocycles. The zero-order valence-electron chi connectivity index (χ0n) is 16.9. The molecule has 0 unspecified atom stereocenters. The number of anilines is 1. The third-order valence-electron chi connectivity index (χ3n) is 4.48. The molecular formula is C22H24N2O4S. The molecule has 3 aromatic rings. The number of carbonyl (C=O) groups excluding carboxylic acids is 1. The van der Waals surface area contributed by atoms with Gasteiger partial charge in [0.1, 0.15) is 11.5 Å². The van der Waals surface area contributed by atoms with Crippen molar-refractivity contribution in [2.75, 3.05) is 11.1 Å². The molecule has 1 aromatic heterocycles. The lowest BCUT2D eigenvalue weighted by molar-refractivity contribution is -0.113. The summed E-state index contributed by atoms with van der Waals surface area (Å²) in [7, 11) is -3.71. The molecule has 29 heavy (non-hydrogen) atoms. The van der Waals surface area contributed by atoms with Crippen LogP contribution in [0.25, 0.3) is 11.5 Å². The summed E-state index contributed by atoms with van der Waals surface area (Å²) >= 11 is 0. The van der Waals surface area contributed by atoms with E-state index in [1.54, 1.807) is 19.1 Å². The van der Waals surface area contributed by atoms with Gasteiger partial charge in [-0.2, -0.15) is 0 Å². The number of oxazole rings is 1. The van der Waals surface area contributed by atoms with Crippen LogP contribution >= 0.6 is 0 Å². The average Bonchev–Trinajstić information content (AvgIpc) is 2.93. The fourth-order valence-electron chi connectivity index (χ4n) is 3.19. The first-order chi connectivity index (χ1) is 13.6. The molecule has 152 valence electrons. The van der Waals surface area contributed by atoms with Crippen molar-refractivity contribution in [3.63, 3.8) is 0 Å². The second kappa shape index (κ2) is 8.21. The number of benzene rings is 2. The molecule has 0 saturated carbocycles. The van der Waals surface area contributed by atoms with Crippen LogP contribution in [0.3, 0.4) is 0 Å². The lowest BCUT2D eigenvalue weighted by atomic mass is 10.1. The number of hydrogen-bond acceptors (Lipinski definition) is 5. The van der Waals surface area contributed by atoms with Crippen LogP contribution in [-0.2, 0) is 20.4 Å². The highest BCUT2D eigenvalue weighted by Gasteiger charge is 2.22. The minimum absolute atomic E-state index is 0.322. The van der Waals surface area contributed by atoms with E-state index in [1.165, 1.54) is 0 Å². The molecule has 2 aromatic carbocycles. The number of sulfone groups is 1. The Balaban J connectivity index is 1.72. The third kappa shape index (κ3) is 5.32. The number of nitrogens with one attached hydrogen (secondary N) is 1. The zero-order valence-corrected chi connectivity index (χ0v) is 17.8. The quantitative estimate of drug-likeness (QED) is 0.658. The van der Waals surface area contributed by atoms with Gasteiger partial charge in [0.15, 0.2) is 9.84 Å². The van der Waals surface area contributed by atoms with E-state index in [1.807, 2.05) is 51.1 Å². The van der Waals surface area contributed by atoms with E-state index < -0.39 is 21.5 Å². The molecule has 0 saturated heterocycles. The van der Waals surface area contributed by atoms with Gasteiger partial charge >= 0.3 is 0 Å². The predicted molar refractivity (Wildman–Crippen MR) is 113 cm³/mol. The zero-order chi connectivity index (χ0) is 21.2. The number of aryl methyl sites for hydroxylation is 4. The lowest BCUT2D eigenvalue weighted by Crippen LogP contribution is -2.24. The van der Waals surface area contributed by atoms with Crippen molar-refractivity contribution in [3.05, 3.63) is 70.6 Å². The second-order valence-electron chi connectivity index (χ2n) is 7.29. The van der Waals surface area contributed by atoms with Crippen molar-refractivity contribution in [3.8, 4) is 11.5 Å². The molecule has 0 aliphatic heterocycles. The van der Waals surface area contributed by atoms with Gasteiger partial charge in [0.2, 0.25) is 11.8 Å². The first-order valence-corrected chi connectivity index (χ1v) is 11.1. The smallest absolute Gasteiger partial charge is 0.239 e. The maximum absolute atomic E-state index is 12.6. The largest absolute Gasteiger partial charge is 0.441 e. The van der Waals surface area contributed by atoms with E-state index in [0.29, 0.717) is 23.0 Å². The lowest BCUT2D eigenvalue weighted by Gasteiger charge is -2.08. The third-order valence-corrected chi connectivity index (χ3v) is 5.90. The van der Waals surface area contributed by atoms with Crippen LogP contribution in [0.15, 0.2) is 46.9 Å². The molecule has 6 nitrogen and oxygen atoms in total. The van der Waals surface area contributed by atoms with Gasteiger partial charge in [-0.25, -0.2) is 13.4 Å². The summed E-state index contributed by atoms with van der Waals surface area (Å²) in [5.41, 5.74) is 4.68. The van der Waals surface area contributed by atoms with Crippen LogP contribution in [0.1, 0.15) is 28.1 Å². The first-order valence-electron chi connectivity index (χ1n) is 9.24. The average molecular weight is 413 g/mol. The Hall–Kier alpha value is -2.93. The van der Waals surface area contributed by atoms with Crippen molar-refractivity contribution in [1.82, 2.24) is 4.98 Å². The Bertz CT molecular complexity index is 1140. The molecule has 0 fully saturated rings. The summed E-state index contributed by atoms with van der Waals surface area (Å²) in [5, 5.41) is 2.66. The van der Waals surface area contributed by atoms with Gasteiger partial charge in [-0.3, -0.25) is 4.79 Å². The molecule has 0 aliphatic rings. The highest BCUT2D eigenvalue weighted by atomic mass is 32.2. The molecule has 7 heteroatoms. The maximum Gasteiger partial charge on any atom is 0.239 e. The van der Waals surface area contributed by atoms with Crippen LogP contribution in [0.2, 0.25) is 0 Å². The topological polar surface area (TPSA) is 89.3 Å². The molecule has 0 radical (unpaired) electrons. The normalized spacial score (nSPS) is 11.4. The van der Waals surface area contributed by atoms with E-state index in [9.17, 15) is 13.2 Å². The first kappa shape index (κ1) is 20.8. The van der Waals surface area contributed by atoms with Crippen LogP contribution in [0.5, 0.6) is 0 Å². The highest BCUT2D eigenvalue weighted by molar-refractivity contribution is 7.91. The Morgan fingerprint density at radius 3 is 2.34 bits per heavy atom. The van der Waals surface area contributed by atoms with Gasteiger partial charge in [0, 0.05) is 11.3 Å². The van der Waals surface area contributed by atoms with Crippen LogP contribution < -0.4 is 5.32 Å². The Labute approximate surface area is 170 Å². The summed E-state index contributed by atoms with van der Waals surface area (Å²) in [5.74, 6) is -0.734. The Kier molecular flexibility index (Phi) is 5.88. The molecular weight excluding hydrogens is 388 g/mol. The number of hydrogen-bond donors (Lipinski definition) is 1. The molecule has 0 spiro atoms. The monoisotopic (exact) mass is 412 g/mol. The summed E-state index contributed by atoms with van der Waals surface area (Å²) in [6, 6.07) is 13.2. The molecule has 0 atom stereocenters. The molecule has 1 amide bonds. The van der Waals surface area contributed by atoms with E-state index in [4.69, 9.17) is 4.42 Å². The van der Waals surface area contributed by atoms with Crippen LogP contribution in [0, 0.1) is 27.7 Å². The van der Waals surface area contributed by atoms with Gasteiger partial charge < -0.3 is 9.73 Å². The SMILES string of the molecule is Cc1cc(C)cc(NC(=O)CS(=O)(=O)Cc2nc(-c3ccccc3C)oc2C)c1. The van der Waals surface area contributed by atoms with E-state index in [0.717, 1.165) is 22.3 Å². The van der Waals surface area contributed by atoms with Crippen molar-refractivity contribution < 1.29 is 17.6 Å². The van der Waals surface area contributed by atoms with Gasteiger partial charge in [0.05, 0.1) is 11.4 Å². The molecule has 0 aliphatic carbocycles. The number of carbonyl (C=O) groups is 1.